The molecule has 0 atom stereocenters. The van der Waals surface area contributed by atoms with Crippen LogP contribution in [-0.4, -0.2) is 52.0 Å². The second-order valence-corrected chi connectivity index (χ2v) is 10.2. The topological polar surface area (TPSA) is 79.0 Å². The Morgan fingerprint density at radius 2 is 1.72 bits per heavy atom. The van der Waals surface area contributed by atoms with E-state index in [-0.39, 0.29) is 5.91 Å². The lowest BCUT2D eigenvalue weighted by Crippen LogP contribution is -2.40. The summed E-state index contributed by atoms with van der Waals surface area (Å²) in [5.74, 6) is -0.0677. The molecule has 3 aromatic carbocycles. The lowest BCUT2D eigenvalue weighted by Gasteiger charge is -2.26. The number of anilines is 2. The van der Waals surface area contributed by atoms with Crippen molar-refractivity contribution < 1.29 is 17.9 Å². The molecule has 0 bridgehead atoms. The summed E-state index contributed by atoms with van der Waals surface area (Å²) in [4.78, 5) is 14.7. The van der Waals surface area contributed by atoms with Gasteiger partial charge in [-0.1, -0.05) is 18.2 Å². The van der Waals surface area contributed by atoms with Gasteiger partial charge in [-0.15, -0.1) is 0 Å². The van der Waals surface area contributed by atoms with E-state index in [9.17, 15) is 13.2 Å². The van der Waals surface area contributed by atoms with Crippen molar-refractivity contribution in [3.63, 3.8) is 0 Å². The third-order valence-corrected chi connectivity index (χ3v) is 8.11. The Bertz CT molecular complexity index is 1310. The molecule has 3 aromatic rings. The van der Waals surface area contributed by atoms with Crippen LogP contribution in [0, 0.1) is 6.92 Å². The summed E-state index contributed by atoms with van der Waals surface area (Å²) in [7, 11) is -1.49. The van der Waals surface area contributed by atoms with Gasteiger partial charge in [0.05, 0.1) is 18.1 Å². The Hall–Kier alpha value is -2.94. The molecule has 8 heteroatoms. The summed E-state index contributed by atoms with van der Waals surface area (Å²) in [5, 5.41) is 4.96. The lowest BCUT2D eigenvalue weighted by molar-refractivity contribution is 0.0730. The van der Waals surface area contributed by atoms with E-state index in [1.165, 1.54) is 4.31 Å². The quantitative estimate of drug-likeness (QED) is 0.644. The molecule has 5 rings (SSSR count). The maximum atomic E-state index is 12.8. The van der Waals surface area contributed by atoms with Gasteiger partial charge in [-0.2, -0.15) is 4.31 Å². The van der Waals surface area contributed by atoms with Gasteiger partial charge in [-0.25, -0.2) is 8.42 Å². The van der Waals surface area contributed by atoms with Gasteiger partial charge in [0, 0.05) is 54.4 Å². The molecule has 2 aliphatic heterocycles. The fourth-order valence-corrected chi connectivity index (χ4v) is 5.92. The fourth-order valence-electron chi connectivity index (χ4n) is 4.51. The van der Waals surface area contributed by atoms with E-state index in [0.717, 1.165) is 33.3 Å². The van der Waals surface area contributed by atoms with Crippen LogP contribution < -0.4 is 10.2 Å². The molecule has 32 heavy (non-hydrogen) atoms. The molecular formula is C24H25N3O4S. The Morgan fingerprint density at radius 3 is 2.44 bits per heavy atom. The van der Waals surface area contributed by atoms with E-state index in [4.69, 9.17) is 4.74 Å². The maximum Gasteiger partial charge on any atom is 0.256 e. The number of nitrogens with zero attached hydrogens (tertiary/aromatic N) is 2. The molecule has 0 radical (unpaired) electrons. The van der Waals surface area contributed by atoms with Gasteiger partial charge in [-0.3, -0.25) is 4.79 Å². The van der Waals surface area contributed by atoms with Crippen LogP contribution in [0.15, 0.2) is 53.4 Å². The van der Waals surface area contributed by atoms with E-state index in [1.54, 1.807) is 12.1 Å². The third-order valence-electron chi connectivity index (χ3n) is 6.20. The molecular weight excluding hydrogens is 426 g/mol. The van der Waals surface area contributed by atoms with Crippen molar-refractivity contribution in [1.82, 2.24) is 4.31 Å². The monoisotopic (exact) mass is 451 g/mol. The van der Waals surface area contributed by atoms with Crippen molar-refractivity contribution >= 4 is 38.1 Å². The normalized spacial score (nSPS) is 16.4. The summed E-state index contributed by atoms with van der Waals surface area (Å²) in [6.45, 7) is 4.28. The van der Waals surface area contributed by atoms with E-state index in [2.05, 4.69) is 10.2 Å². The van der Waals surface area contributed by atoms with Gasteiger partial charge in [-0.05, 0) is 48.4 Å². The number of benzene rings is 3. The Kier molecular flexibility index (Phi) is 5.16. The highest BCUT2D eigenvalue weighted by Gasteiger charge is 2.27. The van der Waals surface area contributed by atoms with E-state index in [1.807, 2.05) is 50.4 Å². The molecule has 1 fully saturated rings. The highest BCUT2D eigenvalue weighted by molar-refractivity contribution is 7.89. The van der Waals surface area contributed by atoms with Crippen molar-refractivity contribution in [2.45, 2.75) is 18.4 Å². The van der Waals surface area contributed by atoms with Crippen LogP contribution in [-0.2, 0) is 21.3 Å². The second-order valence-electron chi connectivity index (χ2n) is 8.28. The van der Waals surface area contributed by atoms with Gasteiger partial charge >= 0.3 is 0 Å². The van der Waals surface area contributed by atoms with Crippen molar-refractivity contribution in [3.05, 3.63) is 65.2 Å². The number of hydrogen-bond donors (Lipinski definition) is 1. The van der Waals surface area contributed by atoms with Crippen LogP contribution in [0.5, 0.6) is 0 Å². The summed E-state index contributed by atoms with van der Waals surface area (Å²) >= 11 is 0. The van der Waals surface area contributed by atoms with E-state index in [0.29, 0.717) is 43.3 Å². The van der Waals surface area contributed by atoms with Crippen LogP contribution in [0.25, 0.3) is 10.8 Å². The molecule has 1 amide bonds. The zero-order valence-corrected chi connectivity index (χ0v) is 18.9. The largest absolute Gasteiger partial charge is 0.379 e. The number of sulfonamides is 1. The molecule has 7 nitrogen and oxygen atoms in total. The molecule has 0 saturated carbocycles. The van der Waals surface area contributed by atoms with Crippen LogP contribution in [0.3, 0.4) is 0 Å². The molecule has 0 unspecified atom stereocenters. The minimum Gasteiger partial charge on any atom is -0.379 e. The molecule has 0 spiro atoms. The van der Waals surface area contributed by atoms with Gasteiger partial charge in [0.25, 0.3) is 5.91 Å². The van der Waals surface area contributed by atoms with E-state index >= 15 is 0 Å². The first-order chi connectivity index (χ1) is 15.4. The SMILES string of the molecule is Cc1ccc2c3c(ccc(N(C)Cc4ccc(S(=O)(=O)N5CCOCC5)cc4)c13)NC2=O. The zero-order chi connectivity index (χ0) is 22.5. The summed E-state index contributed by atoms with van der Waals surface area (Å²) in [6.07, 6.45) is 0. The Balaban J connectivity index is 1.42. The van der Waals surface area contributed by atoms with Crippen LogP contribution in [0.1, 0.15) is 21.5 Å². The minimum absolute atomic E-state index is 0.0677. The number of hydrogen-bond acceptors (Lipinski definition) is 5. The summed E-state index contributed by atoms with van der Waals surface area (Å²) < 4.78 is 32.4. The van der Waals surface area contributed by atoms with Crippen molar-refractivity contribution in [2.75, 3.05) is 43.6 Å². The average molecular weight is 452 g/mol. The highest BCUT2D eigenvalue weighted by atomic mass is 32.2. The lowest BCUT2D eigenvalue weighted by atomic mass is 9.98. The molecule has 2 heterocycles. The predicted molar refractivity (Wildman–Crippen MR) is 125 cm³/mol. The van der Waals surface area contributed by atoms with Crippen molar-refractivity contribution in [1.29, 1.82) is 0 Å². The molecule has 1 N–H and O–H groups in total. The minimum atomic E-state index is -3.50. The second kappa shape index (κ2) is 7.88. The number of amides is 1. The zero-order valence-electron chi connectivity index (χ0n) is 18.1. The van der Waals surface area contributed by atoms with Crippen LogP contribution in [0.4, 0.5) is 11.4 Å². The molecule has 2 aliphatic rings. The first kappa shape index (κ1) is 20.9. The summed E-state index contributed by atoms with van der Waals surface area (Å²) in [6, 6.07) is 14.9. The number of carbonyl (C=O) groups is 1. The van der Waals surface area contributed by atoms with Crippen molar-refractivity contribution in [3.8, 4) is 0 Å². The number of aryl methyl sites for hydroxylation is 1. The number of ether oxygens (including phenoxy) is 1. The highest BCUT2D eigenvalue weighted by Crippen LogP contribution is 2.40. The van der Waals surface area contributed by atoms with E-state index < -0.39 is 10.0 Å². The summed E-state index contributed by atoms with van der Waals surface area (Å²) in [5.41, 5.74) is 4.69. The molecule has 166 valence electrons. The first-order valence-electron chi connectivity index (χ1n) is 10.6. The van der Waals surface area contributed by atoms with Gasteiger partial charge in [0.1, 0.15) is 0 Å². The average Bonchev–Trinajstić information content (AvgIpc) is 3.13. The Morgan fingerprint density at radius 1 is 1.00 bits per heavy atom. The third kappa shape index (κ3) is 3.44. The number of nitrogens with one attached hydrogen (secondary N) is 1. The molecule has 0 aromatic heterocycles. The smallest absolute Gasteiger partial charge is 0.256 e. The molecule has 1 saturated heterocycles. The number of rotatable bonds is 5. The predicted octanol–water partition coefficient (Wildman–Crippen LogP) is 3.37. The van der Waals surface area contributed by atoms with Crippen molar-refractivity contribution in [2.24, 2.45) is 0 Å². The maximum absolute atomic E-state index is 12.8. The van der Waals surface area contributed by atoms with Gasteiger partial charge in [0.15, 0.2) is 0 Å². The van der Waals surface area contributed by atoms with Gasteiger partial charge in [0.2, 0.25) is 10.0 Å². The Labute approximate surface area is 187 Å². The van der Waals surface area contributed by atoms with Crippen LogP contribution >= 0.6 is 0 Å². The van der Waals surface area contributed by atoms with Crippen LogP contribution in [0.2, 0.25) is 0 Å². The number of carbonyl (C=O) groups excluding carboxylic acids is 1. The first-order valence-corrected chi connectivity index (χ1v) is 12.1. The standard InChI is InChI=1S/C24H25N3O4S/c1-16-3-8-19-23-20(25-24(19)28)9-10-21(22(16)23)26(2)15-17-4-6-18(7-5-17)32(29,30)27-11-13-31-14-12-27/h3-10H,11-15H2,1-2H3,(H,25,28). The number of morpholine rings is 1. The molecule has 0 aliphatic carbocycles. The fraction of sp³-hybridized carbons (Fsp3) is 0.292. The van der Waals surface area contributed by atoms with Gasteiger partial charge < -0.3 is 15.0 Å².